The smallest absolute Gasteiger partial charge is 0.124 e. The second-order valence-electron chi connectivity index (χ2n) is 4.91. The highest BCUT2D eigenvalue weighted by Gasteiger charge is 2.17. The number of hydrogen-bond acceptors (Lipinski definition) is 2. The Morgan fingerprint density at radius 1 is 1.50 bits per heavy atom. The molecule has 1 aliphatic rings. The molecule has 2 unspecified atom stereocenters. The summed E-state index contributed by atoms with van der Waals surface area (Å²) in [5, 5.41) is 0. The molecule has 2 atom stereocenters. The number of ether oxygens (including phenoxy) is 1. The minimum atomic E-state index is -0.224. The summed E-state index contributed by atoms with van der Waals surface area (Å²) in [5.74, 6) is -0.224. The lowest BCUT2D eigenvalue weighted by atomic mass is 10.00. The molecule has 1 fully saturated rings. The fourth-order valence-electron chi connectivity index (χ4n) is 2.34. The lowest BCUT2D eigenvalue weighted by Gasteiger charge is -2.15. The van der Waals surface area contributed by atoms with Crippen LogP contribution in [-0.2, 0) is 11.2 Å². The van der Waals surface area contributed by atoms with E-state index >= 15 is 0 Å². The number of benzene rings is 1. The van der Waals surface area contributed by atoms with Gasteiger partial charge in [-0.1, -0.05) is 22.0 Å². The van der Waals surface area contributed by atoms with Crippen molar-refractivity contribution in [3.63, 3.8) is 0 Å². The number of hydrogen-bond donors (Lipinski definition) is 1. The van der Waals surface area contributed by atoms with Gasteiger partial charge in [0.1, 0.15) is 5.82 Å². The molecule has 1 aromatic rings. The van der Waals surface area contributed by atoms with Gasteiger partial charge >= 0.3 is 0 Å². The van der Waals surface area contributed by atoms with Crippen LogP contribution in [0.3, 0.4) is 0 Å². The minimum absolute atomic E-state index is 0.107. The standard InChI is InChI=1S/C14H19BrFNO/c15-14-9-11(16)4-3-10(14)8-12(17)5-6-13-2-1-7-18-13/h3-4,9,12-13H,1-2,5-8,17H2. The molecular formula is C14H19BrFNO. The van der Waals surface area contributed by atoms with Crippen molar-refractivity contribution in [1.29, 1.82) is 0 Å². The van der Waals surface area contributed by atoms with Gasteiger partial charge in [-0.2, -0.15) is 0 Å². The minimum Gasteiger partial charge on any atom is -0.378 e. The van der Waals surface area contributed by atoms with Crippen molar-refractivity contribution in [2.24, 2.45) is 5.73 Å². The van der Waals surface area contributed by atoms with Gasteiger partial charge in [0, 0.05) is 17.1 Å². The number of rotatable bonds is 5. The molecule has 1 aromatic carbocycles. The van der Waals surface area contributed by atoms with Crippen LogP contribution in [0.2, 0.25) is 0 Å². The number of nitrogens with two attached hydrogens (primary N) is 1. The maximum atomic E-state index is 13.0. The van der Waals surface area contributed by atoms with Crippen molar-refractivity contribution >= 4 is 15.9 Å². The van der Waals surface area contributed by atoms with Gasteiger partial charge in [0.15, 0.2) is 0 Å². The van der Waals surface area contributed by atoms with E-state index in [1.54, 1.807) is 6.07 Å². The lowest BCUT2D eigenvalue weighted by Crippen LogP contribution is -2.24. The van der Waals surface area contributed by atoms with Gasteiger partial charge in [-0.3, -0.25) is 0 Å². The zero-order valence-electron chi connectivity index (χ0n) is 10.4. The van der Waals surface area contributed by atoms with Crippen LogP contribution in [0, 0.1) is 5.82 Å². The second kappa shape index (κ2) is 6.64. The molecule has 0 bridgehead atoms. The predicted molar refractivity (Wildman–Crippen MR) is 74.0 cm³/mol. The highest BCUT2D eigenvalue weighted by atomic mass is 79.9. The van der Waals surface area contributed by atoms with Crippen molar-refractivity contribution in [3.8, 4) is 0 Å². The summed E-state index contributed by atoms with van der Waals surface area (Å²) in [6.07, 6.45) is 5.48. The van der Waals surface area contributed by atoms with Gasteiger partial charge in [0.25, 0.3) is 0 Å². The van der Waals surface area contributed by atoms with E-state index in [0.29, 0.717) is 6.10 Å². The van der Waals surface area contributed by atoms with Crippen molar-refractivity contribution in [1.82, 2.24) is 0 Å². The Kier molecular flexibility index (Phi) is 5.15. The van der Waals surface area contributed by atoms with Crippen molar-refractivity contribution in [2.45, 2.75) is 44.2 Å². The first-order valence-corrected chi connectivity index (χ1v) is 7.25. The van der Waals surface area contributed by atoms with Gasteiger partial charge in [-0.05, 0) is 49.8 Å². The van der Waals surface area contributed by atoms with Gasteiger partial charge in [-0.25, -0.2) is 4.39 Å². The maximum absolute atomic E-state index is 13.0. The largest absolute Gasteiger partial charge is 0.378 e. The third-order valence-corrected chi connectivity index (χ3v) is 4.12. The first-order chi connectivity index (χ1) is 8.65. The zero-order chi connectivity index (χ0) is 13.0. The molecule has 100 valence electrons. The molecule has 0 spiro atoms. The molecule has 0 saturated carbocycles. The average molecular weight is 316 g/mol. The topological polar surface area (TPSA) is 35.2 Å². The molecule has 0 amide bonds. The van der Waals surface area contributed by atoms with E-state index in [9.17, 15) is 4.39 Å². The van der Waals surface area contributed by atoms with Gasteiger partial charge in [0.2, 0.25) is 0 Å². The molecule has 1 heterocycles. The first kappa shape index (κ1) is 14.0. The van der Waals surface area contributed by atoms with Crippen LogP contribution in [0.5, 0.6) is 0 Å². The van der Waals surface area contributed by atoms with Crippen LogP contribution < -0.4 is 5.73 Å². The molecule has 2 rings (SSSR count). The maximum Gasteiger partial charge on any atom is 0.124 e. The van der Waals surface area contributed by atoms with Crippen LogP contribution in [0.25, 0.3) is 0 Å². The van der Waals surface area contributed by atoms with Gasteiger partial charge in [0.05, 0.1) is 6.10 Å². The van der Waals surface area contributed by atoms with Crippen LogP contribution in [0.1, 0.15) is 31.2 Å². The fraction of sp³-hybridized carbons (Fsp3) is 0.571. The van der Waals surface area contributed by atoms with E-state index in [-0.39, 0.29) is 11.9 Å². The van der Waals surface area contributed by atoms with E-state index in [0.717, 1.165) is 42.3 Å². The van der Waals surface area contributed by atoms with E-state index in [1.807, 2.05) is 0 Å². The molecule has 0 aromatic heterocycles. The van der Waals surface area contributed by atoms with Gasteiger partial charge in [-0.15, -0.1) is 0 Å². The van der Waals surface area contributed by atoms with Crippen LogP contribution in [0.4, 0.5) is 4.39 Å². The normalized spacial score (nSPS) is 21.2. The Hall–Kier alpha value is -0.450. The average Bonchev–Trinajstić information content (AvgIpc) is 2.83. The van der Waals surface area contributed by atoms with Gasteiger partial charge < -0.3 is 10.5 Å². The third-order valence-electron chi connectivity index (χ3n) is 3.38. The Morgan fingerprint density at radius 3 is 3.00 bits per heavy atom. The van der Waals surface area contributed by atoms with Crippen molar-refractivity contribution in [2.75, 3.05) is 6.61 Å². The van der Waals surface area contributed by atoms with Crippen molar-refractivity contribution in [3.05, 3.63) is 34.1 Å². The van der Waals surface area contributed by atoms with Crippen LogP contribution in [0.15, 0.2) is 22.7 Å². The Labute approximate surface area is 116 Å². The quantitative estimate of drug-likeness (QED) is 0.903. The van der Waals surface area contributed by atoms with E-state index in [2.05, 4.69) is 15.9 Å². The highest BCUT2D eigenvalue weighted by molar-refractivity contribution is 9.10. The number of halogens is 2. The highest BCUT2D eigenvalue weighted by Crippen LogP contribution is 2.22. The molecule has 0 radical (unpaired) electrons. The first-order valence-electron chi connectivity index (χ1n) is 6.46. The van der Waals surface area contributed by atoms with Crippen molar-refractivity contribution < 1.29 is 9.13 Å². The Bertz CT molecular complexity index is 393. The molecule has 18 heavy (non-hydrogen) atoms. The zero-order valence-corrected chi connectivity index (χ0v) is 12.0. The Balaban J connectivity index is 1.80. The van der Waals surface area contributed by atoms with E-state index < -0.39 is 0 Å². The van der Waals surface area contributed by atoms with Crippen LogP contribution in [-0.4, -0.2) is 18.8 Å². The molecule has 1 saturated heterocycles. The summed E-state index contributed by atoms with van der Waals surface area (Å²) >= 11 is 3.37. The van der Waals surface area contributed by atoms with Crippen LogP contribution >= 0.6 is 15.9 Å². The van der Waals surface area contributed by atoms with E-state index in [1.165, 1.54) is 18.6 Å². The second-order valence-corrected chi connectivity index (χ2v) is 5.77. The summed E-state index contributed by atoms with van der Waals surface area (Å²) < 4.78 is 19.3. The summed E-state index contributed by atoms with van der Waals surface area (Å²) in [6.45, 7) is 0.892. The Morgan fingerprint density at radius 2 is 2.33 bits per heavy atom. The molecule has 2 nitrogen and oxygen atoms in total. The summed E-state index contributed by atoms with van der Waals surface area (Å²) in [4.78, 5) is 0. The molecular weight excluding hydrogens is 297 g/mol. The van der Waals surface area contributed by atoms with E-state index in [4.69, 9.17) is 10.5 Å². The molecule has 0 aliphatic carbocycles. The molecule has 4 heteroatoms. The third kappa shape index (κ3) is 4.04. The molecule has 1 aliphatic heterocycles. The fourth-order valence-corrected chi connectivity index (χ4v) is 2.86. The molecule has 2 N–H and O–H groups in total. The lowest BCUT2D eigenvalue weighted by molar-refractivity contribution is 0.101. The predicted octanol–water partition coefficient (Wildman–Crippen LogP) is 3.42. The monoisotopic (exact) mass is 315 g/mol. The summed E-state index contributed by atoms with van der Waals surface area (Å²) in [7, 11) is 0. The SMILES string of the molecule is NC(CCC1CCCO1)Cc1ccc(F)cc1Br. The summed E-state index contributed by atoms with van der Waals surface area (Å²) in [5.41, 5.74) is 7.19. The summed E-state index contributed by atoms with van der Waals surface area (Å²) in [6, 6.07) is 4.87.